The number of hydrogen-bond donors (Lipinski definition) is 2. The Hall–Kier alpha value is -2.92. The number of benzene rings is 2. The number of nitrogens with zero attached hydrogens (tertiary/aromatic N) is 3. The average molecular weight is 380 g/mol. The van der Waals surface area contributed by atoms with Gasteiger partial charge in [0.15, 0.2) is 0 Å². The van der Waals surface area contributed by atoms with Crippen LogP contribution in [-0.4, -0.2) is 15.8 Å². The molecule has 1 aromatic heterocycles. The highest BCUT2D eigenvalue weighted by molar-refractivity contribution is 6.30. The van der Waals surface area contributed by atoms with Crippen molar-refractivity contribution >= 4 is 29.2 Å². The summed E-state index contributed by atoms with van der Waals surface area (Å²) in [4.78, 5) is 13.6. The maximum Gasteiger partial charge on any atom is 0.230 e. The van der Waals surface area contributed by atoms with Crippen molar-refractivity contribution in [2.45, 2.75) is 26.8 Å². The van der Waals surface area contributed by atoms with Gasteiger partial charge in [-0.2, -0.15) is 4.98 Å². The fourth-order valence-corrected chi connectivity index (χ4v) is 2.89. The number of nitrogens with two attached hydrogens (primary N) is 1. The van der Waals surface area contributed by atoms with Crippen LogP contribution in [0.5, 0.6) is 0 Å². The molecule has 0 fully saturated rings. The monoisotopic (exact) mass is 379 g/mol. The van der Waals surface area contributed by atoms with E-state index < -0.39 is 0 Å². The van der Waals surface area contributed by atoms with Gasteiger partial charge in [-0.25, -0.2) is 4.98 Å². The van der Waals surface area contributed by atoms with Gasteiger partial charge in [-0.05, 0) is 36.6 Å². The van der Waals surface area contributed by atoms with Crippen molar-refractivity contribution in [2.75, 3.05) is 11.1 Å². The number of halogens is 1. The van der Waals surface area contributed by atoms with E-state index in [-0.39, 0.29) is 0 Å². The molecule has 0 saturated heterocycles. The molecule has 1 heterocycles. The van der Waals surface area contributed by atoms with Crippen LogP contribution in [0.25, 0.3) is 11.1 Å². The first-order chi connectivity index (χ1) is 13.1. The van der Waals surface area contributed by atoms with E-state index in [9.17, 15) is 0 Å². The van der Waals surface area contributed by atoms with Crippen LogP contribution in [0.3, 0.4) is 0 Å². The Kier molecular flexibility index (Phi) is 6.04. The van der Waals surface area contributed by atoms with Gasteiger partial charge in [0.25, 0.3) is 0 Å². The van der Waals surface area contributed by atoms with Crippen molar-refractivity contribution in [1.82, 2.24) is 9.97 Å². The van der Waals surface area contributed by atoms with Crippen LogP contribution in [0.15, 0.2) is 59.6 Å². The van der Waals surface area contributed by atoms with Crippen LogP contribution in [0.1, 0.15) is 25.1 Å². The number of rotatable bonds is 5. The summed E-state index contributed by atoms with van der Waals surface area (Å²) in [6, 6.07) is 17.6. The second kappa shape index (κ2) is 8.64. The SMILES string of the molecule is CCc1nc(NC(C)=NCc2ccccc2)nc(N)c1-c1ccc(Cl)cc1. The lowest BCUT2D eigenvalue weighted by Gasteiger charge is -2.13. The summed E-state index contributed by atoms with van der Waals surface area (Å²) in [6.45, 7) is 4.53. The third kappa shape index (κ3) is 4.83. The molecule has 0 aliphatic rings. The third-order valence-corrected chi connectivity index (χ3v) is 4.37. The van der Waals surface area contributed by atoms with E-state index in [2.05, 4.69) is 20.3 Å². The predicted molar refractivity (Wildman–Crippen MR) is 113 cm³/mol. The number of nitrogen functional groups attached to an aromatic ring is 1. The largest absolute Gasteiger partial charge is 0.383 e. The molecule has 5 nitrogen and oxygen atoms in total. The van der Waals surface area contributed by atoms with Crippen LogP contribution >= 0.6 is 11.6 Å². The first-order valence-corrected chi connectivity index (χ1v) is 9.19. The average Bonchev–Trinajstić information content (AvgIpc) is 2.68. The van der Waals surface area contributed by atoms with Crippen LogP contribution in [0, 0.1) is 0 Å². The maximum absolute atomic E-state index is 6.24. The van der Waals surface area contributed by atoms with Crippen LogP contribution in [0.4, 0.5) is 11.8 Å². The normalized spacial score (nSPS) is 11.4. The Morgan fingerprint density at radius 1 is 1.07 bits per heavy atom. The molecule has 0 aliphatic heterocycles. The molecule has 0 saturated carbocycles. The quantitative estimate of drug-likeness (QED) is 0.484. The fourth-order valence-electron chi connectivity index (χ4n) is 2.76. The first-order valence-electron chi connectivity index (χ1n) is 8.81. The second-order valence-electron chi connectivity index (χ2n) is 6.13. The highest BCUT2D eigenvalue weighted by atomic mass is 35.5. The third-order valence-electron chi connectivity index (χ3n) is 4.11. The molecule has 0 unspecified atom stereocenters. The molecule has 3 aromatic rings. The Morgan fingerprint density at radius 2 is 1.78 bits per heavy atom. The first kappa shape index (κ1) is 18.9. The Labute approximate surface area is 164 Å². The van der Waals surface area contributed by atoms with Gasteiger partial charge >= 0.3 is 0 Å². The highest BCUT2D eigenvalue weighted by Crippen LogP contribution is 2.30. The van der Waals surface area contributed by atoms with Crippen molar-refractivity contribution in [3.8, 4) is 11.1 Å². The van der Waals surface area contributed by atoms with E-state index in [1.165, 1.54) is 0 Å². The molecule has 3 rings (SSSR count). The molecule has 0 bridgehead atoms. The molecule has 27 heavy (non-hydrogen) atoms. The minimum absolute atomic E-state index is 0.433. The standard InChI is InChI=1S/C21H22ClN5/c1-3-18-19(16-9-11-17(22)12-10-16)20(23)27-21(26-18)25-14(2)24-13-15-7-5-4-6-8-15/h4-12H,3,13H2,1-2H3,(H3,23,24,25,26,27). The molecule has 0 atom stereocenters. The predicted octanol–water partition coefficient (Wildman–Crippen LogP) is 4.97. The molecule has 0 radical (unpaired) electrons. The van der Waals surface area contributed by atoms with E-state index in [1.54, 1.807) is 0 Å². The summed E-state index contributed by atoms with van der Waals surface area (Å²) >= 11 is 5.98. The zero-order chi connectivity index (χ0) is 19.2. The Bertz CT molecular complexity index is 937. The number of aromatic nitrogens is 2. The van der Waals surface area contributed by atoms with Gasteiger partial charge in [-0.1, -0.05) is 61.0 Å². The van der Waals surface area contributed by atoms with Gasteiger partial charge in [0.05, 0.1) is 12.2 Å². The Morgan fingerprint density at radius 3 is 2.44 bits per heavy atom. The van der Waals surface area contributed by atoms with E-state index >= 15 is 0 Å². The fraction of sp³-hybridized carbons (Fsp3) is 0.190. The van der Waals surface area contributed by atoms with Gasteiger partial charge in [-0.3, -0.25) is 4.99 Å². The lowest BCUT2D eigenvalue weighted by Crippen LogP contribution is -2.13. The minimum Gasteiger partial charge on any atom is -0.383 e. The van der Waals surface area contributed by atoms with E-state index in [4.69, 9.17) is 17.3 Å². The van der Waals surface area contributed by atoms with Gasteiger partial charge in [0.2, 0.25) is 5.95 Å². The van der Waals surface area contributed by atoms with Gasteiger partial charge < -0.3 is 11.1 Å². The summed E-state index contributed by atoms with van der Waals surface area (Å²) in [5.41, 5.74) is 10.1. The van der Waals surface area contributed by atoms with E-state index in [0.717, 1.165) is 34.6 Å². The van der Waals surface area contributed by atoms with Gasteiger partial charge in [0.1, 0.15) is 11.7 Å². The van der Waals surface area contributed by atoms with Crippen LogP contribution in [-0.2, 0) is 13.0 Å². The zero-order valence-electron chi connectivity index (χ0n) is 15.4. The lowest BCUT2D eigenvalue weighted by molar-refractivity contribution is 1.01. The number of anilines is 2. The highest BCUT2D eigenvalue weighted by Gasteiger charge is 2.13. The lowest BCUT2D eigenvalue weighted by atomic mass is 10.0. The molecule has 3 N–H and O–H groups in total. The summed E-state index contributed by atoms with van der Waals surface area (Å²) < 4.78 is 0. The molecular weight excluding hydrogens is 358 g/mol. The second-order valence-corrected chi connectivity index (χ2v) is 6.56. The molecule has 138 valence electrons. The number of aliphatic imine (C=N–C) groups is 1. The summed E-state index contributed by atoms with van der Waals surface area (Å²) in [6.07, 6.45) is 0.736. The molecule has 0 aliphatic carbocycles. The van der Waals surface area contributed by atoms with Crippen molar-refractivity contribution in [1.29, 1.82) is 0 Å². The summed E-state index contributed by atoms with van der Waals surface area (Å²) in [7, 11) is 0. The van der Waals surface area contributed by atoms with Crippen molar-refractivity contribution in [3.63, 3.8) is 0 Å². The number of amidine groups is 1. The van der Waals surface area contributed by atoms with Crippen molar-refractivity contribution < 1.29 is 0 Å². The van der Waals surface area contributed by atoms with E-state index in [1.807, 2.05) is 68.4 Å². The number of hydrogen-bond acceptors (Lipinski definition) is 4. The molecule has 0 amide bonds. The molecule has 2 aromatic carbocycles. The van der Waals surface area contributed by atoms with E-state index in [0.29, 0.717) is 23.3 Å². The Balaban J connectivity index is 1.82. The zero-order valence-corrected chi connectivity index (χ0v) is 16.2. The minimum atomic E-state index is 0.433. The van der Waals surface area contributed by atoms with Gasteiger partial charge in [0, 0.05) is 10.6 Å². The molecule has 6 heteroatoms. The number of nitrogens with one attached hydrogen (secondary N) is 1. The van der Waals surface area contributed by atoms with Crippen molar-refractivity contribution in [2.24, 2.45) is 4.99 Å². The number of aryl methyl sites for hydroxylation is 1. The van der Waals surface area contributed by atoms with Crippen LogP contribution in [0.2, 0.25) is 5.02 Å². The summed E-state index contributed by atoms with van der Waals surface area (Å²) in [5, 5.41) is 3.82. The molecular formula is C21H22ClN5. The smallest absolute Gasteiger partial charge is 0.230 e. The maximum atomic E-state index is 6.24. The van der Waals surface area contributed by atoms with Crippen molar-refractivity contribution in [3.05, 3.63) is 70.9 Å². The van der Waals surface area contributed by atoms with Gasteiger partial charge in [-0.15, -0.1) is 0 Å². The molecule has 0 spiro atoms. The topological polar surface area (TPSA) is 76.2 Å². The van der Waals surface area contributed by atoms with Crippen LogP contribution < -0.4 is 11.1 Å². The summed E-state index contributed by atoms with van der Waals surface area (Å²) in [5.74, 6) is 1.62.